The molecule has 2 aliphatic carbocycles. The van der Waals surface area contributed by atoms with Crippen molar-refractivity contribution in [2.75, 3.05) is 33.7 Å². The van der Waals surface area contributed by atoms with Gasteiger partial charge in [-0.2, -0.15) is 0 Å². The quantitative estimate of drug-likeness (QED) is 0.0600. The number of oxime groups is 1. The summed E-state index contributed by atoms with van der Waals surface area (Å²) in [6, 6.07) is 25.1. The van der Waals surface area contributed by atoms with E-state index in [0.717, 1.165) is 53.2 Å². The van der Waals surface area contributed by atoms with Gasteiger partial charge in [0.2, 0.25) is 12.6 Å². The molecular formula is C51H60N2O10. The van der Waals surface area contributed by atoms with Gasteiger partial charge in [0.15, 0.2) is 11.5 Å². The summed E-state index contributed by atoms with van der Waals surface area (Å²) in [7, 11) is 1.38. The van der Waals surface area contributed by atoms with Crippen LogP contribution in [0, 0.1) is 17.8 Å². The van der Waals surface area contributed by atoms with Gasteiger partial charge in [0.1, 0.15) is 28.9 Å². The fourth-order valence-corrected chi connectivity index (χ4v) is 9.93. The van der Waals surface area contributed by atoms with Gasteiger partial charge in [0.05, 0.1) is 25.3 Å². The Morgan fingerprint density at radius 1 is 0.905 bits per heavy atom. The summed E-state index contributed by atoms with van der Waals surface area (Å²) in [5, 5.41) is 27.1. The predicted molar refractivity (Wildman–Crippen MR) is 240 cm³/mol. The molecule has 4 aromatic carbocycles. The maximum atomic E-state index is 14.4. The molecule has 334 valence electrons. The number of aliphatic hydroxyl groups excluding tert-OH is 2. The van der Waals surface area contributed by atoms with Crippen molar-refractivity contribution >= 4 is 22.6 Å². The summed E-state index contributed by atoms with van der Waals surface area (Å²) in [5.41, 5.74) is 2.78. The molecule has 6 atom stereocenters. The Bertz CT molecular complexity index is 2340. The number of hydrogen-bond acceptors (Lipinski definition) is 11. The minimum atomic E-state index is -1.46. The average molecular weight is 861 g/mol. The van der Waals surface area contributed by atoms with E-state index in [0.29, 0.717) is 47.3 Å². The van der Waals surface area contributed by atoms with E-state index in [9.17, 15) is 15.0 Å². The highest BCUT2D eigenvalue weighted by molar-refractivity contribution is 6.03. The molecule has 4 aliphatic rings. The Balaban J connectivity index is 1.33. The predicted octanol–water partition coefficient (Wildman–Crippen LogP) is 10.1. The summed E-state index contributed by atoms with van der Waals surface area (Å²) in [5.74, 6) is 1.14. The van der Waals surface area contributed by atoms with Crippen LogP contribution in [-0.4, -0.2) is 78.1 Å². The van der Waals surface area contributed by atoms with Crippen LogP contribution in [-0.2, 0) is 20.9 Å². The zero-order valence-corrected chi connectivity index (χ0v) is 36.8. The molecule has 0 radical (unpaired) electrons. The number of fused-ring (bicyclic) bond motifs is 4. The number of aliphatic hydroxyl groups is 2. The molecule has 1 saturated carbocycles. The number of unbranched alkanes of at least 4 members (excludes halogenated alkanes) is 2. The number of benzene rings is 4. The van der Waals surface area contributed by atoms with Gasteiger partial charge in [0, 0.05) is 37.7 Å². The molecule has 12 heteroatoms. The van der Waals surface area contributed by atoms with E-state index < -0.39 is 29.4 Å². The second-order valence-electron chi connectivity index (χ2n) is 17.9. The SMILES string of the molecule is C=CCO[C@@]12Oc3ccc(Oc4ccc5ccccc5c4)cc3[C@H]3[C@H](CCCCO)[C@@H](CCCCO)C=C(C(=NOC(C)(C)C)C[C@@H]1N(Cc1ccc4c(c1)OCO4)C(=O)OC)[C@H]32. The third kappa shape index (κ3) is 9.25. The Morgan fingerprint density at radius 2 is 1.63 bits per heavy atom. The van der Waals surface area contributed by atoms with Crippen LogP contribution in [0.4, 0.5) is 4.79 Å². The van der Waals surface area contributed by atoms with Crippen molar-refractivity contribution in [1.29, 1.82) is 0 Å². The first kappa shape index (κ1) is 44.1. The molecule has 0 spiro atoms. The molecule has 8 rings (SSSR count). The minimum Gasteiger partial charge on any atom is -0.459 e. The third-order valence-electron chi connectivity index (χ3n) is 12.6. The van der Waals surface area contributed by atoms with E-state index in [1.807, 2.05) is 75.4 Å². The smallest absolute Gasteiger partial charge is 0.410 e. The first-order valence-corrected chi connectivity index (χ1v) is 22.2. The van der Waals surface area contributed by atoms with Crippen LogP contribution in [0.25, 0.3) is 10.8 Å². The van der Waals surface area contributed by atoms with E-state index in [-0.39, 0.29) is 57.3 Å². The summed E-state index contributed by atoms with van der Waals surface area (Å²) in [6.45, 7) is 10.5. The van der Waals surface area contributed by atoms with Gasteiger partial charge in [0.25, 0.3) is 0 Å². The normalized spacial score (nSPS) is 23.9. The molecule has 4 aromatic rings. The van der Waals surface area contributed by atoms with Crippen LogP contribution in [0.15, 0.2) is 108 Å². The third-order valence-corrected chi connectivity index (χ3v) is 12.6. The van der Waals surface area contributed by atoms with Crippen molar-refractivity contribution in [2.24, 2.45) is 22.9 Å². The fraction of sp³-hybridized carbons (Fsp3) is 0.451. The molecular weight excluding hydrogens is 801 g/mol. The van der Waals surface area contributed by atoms with Crippen LogP contribution in [0.1, 0.15) is 82.8 Å². The Hall–Kier alpha value is -5.56. The molecule has 1 amide bonds. The number of ether oxygens (including phenoxy) is 6. The van der Waals surface area contributed by atoms with Gasteiger partial charge >= 0.3 is 6.09 Å². The summed E-state index contributed by atoms with van der Waals surface area (Å²) >= 11 is 0. The Labute approximate surface area is 370 Å². The van der Waals surface area contributed by atoms with Crippen molar-refractivity contribution in [3.05, 3.63) is 114 Å². The zero-order chi connectivity index (χ0) is 44.1. The Kier molecular flexibility index (Phi) is 13.3. The van der Waals surface area contributed by atoms with Crippen LogP contribution in [0.3, 0.4) is 0 Å². The number of hydrogen-bond donors (Lipinski definition) is 2. The monoisotopic (exact) mass is 860 g/mol. The van der Waals surface area contributed by atoms with Crippen molar-refractivity contribution in [1.82, 2.24) is 4.90 Å². The number of amides is 1. The lowest BCUT2D eigenvalue weighted by atomic mass is 9.55. The van der Waals surface area contributed by atoms with Gasteiger partial charge in [-0.05, 0) is 123 Å². The lowest BCUT2D eigenvalue weighted by Crippen LogP contribution is -2.70. The minimum absolute atomic E-state index is 0.0400. The average Bonchev–Trinajstić information content (AvgIpc) is 3.76. The lowest BCUT2D eigenvalue weighted by molar-refractivity contribution is -0.256. The molecule has 2 N–H and O–H groups in total. The van der Waals surface area contributed by atoms with E-state index in [1.54, 1.807) is 11.0 Å². The fourth-order valence-electron chi connectivity index (χ4n) is 9.93. The first-order chi connectivity index (χ1) is 30.5. The Morgan fingerprint density at radius 3 is 2.40 bits per heavy atom. The molecule has 0 unspecified atom stereocenters. The molecule has 2 aliphatic heterocycles. The maximum absolute atomic E-state index is 14.4. The molecule has 63 heavy (non-hydrogen) atoms. The van der Waals surface area contributed by atoms with E-state index in [4.69, 9.17) is 38.4 Å². The van der Waals surface area contributed by atoms with E-state index in [2.05, 4.69) is 36.9 Å². The second-order valence-corrected chi connectivity index (χ2v) is 17.9. The van der Waals surface area contributed by atoms with Gasteiger partial charge in [-0.15, -0.1) is 6.58 Å². The molecule has 12 nitrogen and oxygen atoms in total. The second kappa shape index (κ2) is 19.0. The highest BCUT2D eigenvalue weighted by Gasteiger charge is 2.65. The number of nitrogens with zero attached hydrogens (tertiary/aromatic N) is 2. The molecule has 0 bridgehead atoms. The van der Waals surface area contributed by atoms with E-state index >= 15 is 0 Å². The van der Waals surface area contributed by atoms with Crippen LogP contribution in [0.2, 0.25) is 0 Å². The first-order valence-electron chi connectivity index (χ1n) is 22.2. The number of carbonyl (C=O) groups is 1. The van der Waals surface area contributed by atoms with Gasteiger partial charge in [-0.1, -0.05) is 66.5 Å². The summed E-state index contributed by atoms with van der Waals surface area (Å²) in [4.78, 5) is 22.3. The highest BCUT2D eigenvalue weighted by atomic mass is 16.7. The van der Waals surface area contributed by atoms with Crippen molar-refractivity contribution in [2.45, 2.75) is 95.6 Å². The maximum Gasteiger partial charge on any atom is 0.410 e. The van der Waals surface area contributed by atoms with Crippen molar-refractivity contribution in [3.63, 3.8) is 0 Å². The zero-order valence-electron chi connectivity index (χ0n) is 36.8. The largest absolute Gasteiger partial charge is 0.459 e. The standard InChI is InChI=1S/C51H60N2O10/c1-6-25-60-51-46(53(49(56)57-5)31-33-17-21-44-45(26-33)59-32-58-44)30-42(52-63-50(2,3)4)40-28-36(15-9-11-23-54)39(16-10-12-24-55)47(48(40)51)41-29-38(20-22-43(41)62-51)61-37-19-18-34-13-7-8-14-35(34)27-37/h6-8,13-14,17-22,26-29,36,39,46-48,54-55H,1,9-12,15-16,23-25,30-32H2,2-5H3/t36-,39+,46-,47+,48+,51+/m0/s1. The van der Waals surface area contributed by atoms with Gasteiger partial charge in [-0.25, -0.2) is 4.79 Å². The summed E-state index contributed by atoms with van der Waals surface area (Å²) < 4.78 is 38.1. The van der Waals surface area contributed by atoms with Crippen LogP contribution < -0.4 is 18.9 Å². The molecule has 2 heterocycles. The molecule has 1 fully saturated rings. The van der Waals surface area contributed by atoms with E-state index in [1.165, 1.54) is 7.11 Å². The van der Waals surface area contributed by atoms with Crippen LogP contribution >= 0.6 is 0 Å². The number of rotatable bonds is 17. The van der Waals surface area contributed by atoms with Gasteiger partial charge < -0.3 is 43.5 Å². The molecule has 0 aromatic heterocycles. The molecule has 0 saturated heterocycles. The lowest BCUT2D eigenvalue weighted by Gasteiger charge is -2.59. The van der Waals surface area contributed by atoms with Crippen molar-refractivity contribution in [3.8, 4) is 28.7 Å². The number of allylic oxidation sites excluding steroid dienone is 1. The summed E-state index contributed by atoms with van der Waals surface area (Å²) in [6.07, 6.45) is 8.27. The van der Waals surface area contributed by atoms with Crippen molar-refractivity contribution < 1.29 is 48.3 Å². The van der Waals surface area contributed by atoms with Gasteiger partial charge in [-0.3, -0.25) is 4.90 Å². The number of methoxy groups -OCH3 is 1. The topological polar surface area (TPSA) is 138 Å². The number of carbonyl (C=O) groups excluding carboxylic acids is 1. The van der Waals surface area contributed by atoms with Crippen LogP contribution in [0.5, 0.6) is 28.7 Å². The highest BCUT2D eigenvalue weighted by Crippen LogP contribution is 2.62.